The number of nitrogens with one attached hydrogen (secondary N) is 1. The van der Waals surface area contributed by atoms with E-state index in [1.54, 1.807) is 0 Å². The van der Waals surface area contributed by atoms with Crippen LogP contribution in [0.2, 0.25) is 0 Å². The predicted octanol–water partition coefficient (Wildman–Crippen LogP) is 2.27. The molecule has 2 aromatic heterocycles. The Morgan fingerprint density at radius 2 is 1.93 bits per heavy atom. The summed E-state index contributed by atoms with van der Waals surface area (Å²) in [4.78, 5) is 28.1. The van der Waals surface area contributed by atoms with Crippen molar-refractivity contribution in [2.75, 3.05) is 48.3 Å². The third-order valence-corrected chi connectivity index (χ3v) is 5.71. The summed E-state index contributed by atoms with van der Waals surface area (Å²) in [5.41, 5.74) is 4.19. The third kappa shape index (κ3) is 3.67. The summed E-state index contributed by atoms with van der Waals surface area (Å²) in [6, 6.07) is 6.14. The first-order valence-electron chi connectivity index (χ1n) is 9.97. The van der Waals surface area contributed by atoms with E-state index in [1.807, 2.05) is 38.2 Å². The van der Waals surface area contributed by atoms with Crippen molar-refractivity contribution in [3.05, 3.63) is 41.9 Å². The van der Waals surface area contributed by atoms with Gasteiger partial charge in [-0.15, -0.1) is 0 Å². The van der Waals surface area contributed by atoms with Crippen molar-refractivity contribution < 1.29 is 4.79 Å². The topological polar surface area (TPSA) is 64.6 Å². The second-order valence-corrected chi connectivity index (χ2v) is 7.66. The number of aryl methyl sites for hydroxylation is 1. The number of fused-ring (bicyclic) bond motifs is 1. The fourth-order valence-electron chi connectivity index (χ4n) is 4.03. The lowest BCUT2D eigenvalue weighted by Crippen LogP contribution is -2.46. The van der Waals surface area contributed by atoms with Gasteiger partial charge in [-0.25, -0.2) is 4.98 Å². The van der Waals surface area contributed by atoms with Crippen molar-refractivity contribution in [1.82, 2.24) is 14.9 Å². The van der Waals surface area contributed by atoms with Crippen molar-refractivity contribution in [3.63, 3.8) is 0 Å². The zero-order chi connectivity index (χ0) is 19.7. The molecule has 1 amide bonds. The lowest BCUT2D eigenvalue weighted by molar-refractivity contribution is -0.117. The summed E-state index contributed by atoms with van der Waals surface area (Å²) in [7, 11) is 1.94. The number of carbonyl (C=O) groups excluding carboxylic acids is 1. The molecule has 2 aliphatic heterocycles. The molecule has 2 aliphatic rings. The molecule has 28 heavy (non-hydrogen) atoms. The summed E-state index contributed by atoms with van der Waals surface area (Å²) in [5, 5.41) is 3.03. The molecule has 4 heterocycles. The Balaban J connectivity index is 1.39. The average molecular weight is 380 g/mol. The van der Waals surface area contributed by atoms with Crippen LogP contribution >= 0.6 is 0 Å². The molecule has 1 saturated heterocycles. The predicted molar refractivity (Wildman–Crippen MR) is 112 cm³/mol. The number of hydrogen-bond donors (Lipinski definition) is 1. The van der Waals surface area contributed by atoms with Gasteiger partial charge in [-0.3, -0.25) is 14.7 Å². The minimum Gasteiger partial charge on any atom is -0.368 e. The van der Waals surface area contributed by atoms with Gasteiger partial charge in [-0.1, -0.05) is 6.92 Å². The smallest absolute Gasteiger partial charge is 0.247 e. The molecule has 1 fully saturated rings. The monoisotopic (exact) mass is 380 g/mol. The number of likely N-dealkylation sites (N-methyl/N-ethyl adjacent to an activating group) is 1. The lowest BCUT2D eigenvalue weighted by atomic mass is 10.1. The van der Waals surface area contributed by atoms with Crippen LogP contribution in [0.1, 0.15) is 24.6 Å². The van der Waals surface area contributed by atoms with Crippen LogP contribution in [0, 0.1) is 6.92 Å². The van der Waals surface area contributed by atoms with Crippen LogP contribution in [0.25, 0.3) is 0 Å². The number of carbonyl (C=O) groups is 1. The number of aromatic nitrogens is 2. The van der Waals surface area contributed by atoms with Gasteiger partial charge in [0.05, 0.1) is 17.6 Å². The van der Waals surface area contributed by atoms with Crippen LogP contribution in [0.15, 0.2) is 30.6 Å². The number of pyridine rings is 2. The van der Waals surface area contributed by atoms with Crippen LogP contribution in [0.4, 0.5) is 17.2 Å². The van der Waals surface area contributed by atoms with Crippen LogP contribution < -0.4 is 15.1 Å². The Hall–Kier alpha value is -2.67. The molecule has 0 radical (unpaired) electrons. The first-order chi connectivity index (χ1) is 13.5. The zero-order valence-corrected chi connectivity index (χ0v) is 16.9. The van der Waals surface area contributed by atoms with Gasteiger partial charge in [0, 0.05) is 51.7 Å². The molecule has 1 unspecified atom stereocenters. The van der Waals surface area contributed by atoms with Gasteiger partial charge in [-0.2, -0.15) is 0 Å². The number of anilines is 3. The first-order valence-corrected chi connectivity index (χ1v) is 9.97. The van der Waals surface area contributed by atoms with E-state index in [4.69, 9.17) is 0 Å². The number of amides is 1. The number of hydrogen-bond acceptors (Lipinski definition) is 6. The standard InChI is InChI=1S/C21H28N6O/c1-4-19-21(28)24-18-11-16(12-23-20(18)25(19)3)14-26-7-9-27(10-8-26)17-6-5-15(2)22-13-17/h5-6,11-13,19H,4,7-10,14H2,1-3H3,(H,24,28). The molecular weight excluding hydrogens is 352 g/mol. The van der Waals surface area contributed by atoms with Crippen LogP contribution in [0.3, 0.4) is 0 Å². The van der Waals surface area contributed by atoms with Crippen molar-refractivity contribution >= 4 is 23.1 Å². The molecule has 148 valence electrons. The Labute approximate surface area is 166 Å². The highest BCUT2D eigenvalue weighted by atomic mass is 16.2. The van der Waals surface area contributed by atoms with Gasteiger partial charge in [0.15, 0.2) is 5.82 Å². The van der Waals surface area contributed by atoms with Gasteiger partial charge >= 0.3 is 0 Å². The highest BCUT2D eigenvalue weighted by Gasteiger charge is 2.30. The lowest BCUT2D eigenvalue weighted by Gasteiger charge is -2.36. The molecule has 1 N–H and O–H groups in total. The average Bonchev–Trinajstić information content (AvgIpc) is 2.69. The third-order valence-electron chi connectivity index (χ3n) is 5.71. The number of piperazine rings is 1. The van der Waals surface area contributed by atoms with Gasteiger partial charge < -0.3 is 15.1 Å². The fourth-order valence-corrected chi connectivity index (χ4v) is 4.03. The minimum atomic E-state index is -0.143. The Bertz CT molecular complexity index is 844. The Morgan fingerprint density at radius 1 is 1.14 bits per heavy atom. The van der Waals surface area contributed by atoms with Gasteiger partial charge in [0.1, 0.15) is 6.04 Å². The molecule has 0 aromatic carbocycles. The number of nitrogens with zero attached hydrogens (tertiary/aromatic N) is 5. The Kier molecular flexibility index (Phi) is 5.17. The maximum atomic E-state index is 12.3. The van der Waals surface area contributed by atoms with Crippen LogP contribution in [-0.2, 0) is 11.3 Å². The maximum absolute atomic E-state index is 12.3. The maximum Gasteiger partial charge on any atom is 0.247 e. The molecule has 0 aliphatic carbocycles. The summed E-state index contributed by atoms with van der Waals surface area (Å²) in [6.45, 7) is 8.84. The second kappa shape index (κ2) is 7.75. The van der Waals surface area contributed by atoms with E-state index >= 15 is 0 Å². The van der Waals surface area contributed by atoms with E-state index in [2.05, 4.69) is 43.3 Å². The van der Waals surface area contributed by atoms with Crippen LogP contribution in [-0.4, -0.2) is 60.0 Å². The normalized spacial score (nSPS) is 20.1. The molecule has 0 saturated carbocycles. The van der Waals surface area contributed by atoms with E-state index in [1.165, 1.54) is 5.69 Å². The fraction of sp³-hybridized carbons (Fsp3) is 0.476. The summed E-state index contributed by atoms with van der Waals surface area (Å²) >= 11 is 0. The van der Waals surface area contributed by atoms with E-state index in [0.717, 1.165) is 61.9 Å². The van der Waals surface area contributed by atoms with E-state index in [-0.39, 0.29) is 11.9 Å². The molecule has 1 atom stereocenters. The number of rotatable bonds is 4. The van der Waals surface area contributed by atoms with Gasteiger partial charge in [0.25, 0.3) is 0 Å². The van der Waals surface area contributed by atoms with Crippen molar-refractivity contribution in [1.29, 1.82) is 0 Å². The summed E-state index contributed by atoms with van der Waals surface area (Å²) in [5.74, 6) is 0.906. The molecule has 2 aromatic rings. The molecule has 7 heteroatoms. The molecule has 4 rings (SSSR count). The molecule has 0 spiro atoms. The Morgan fingerprint density at radius 3 is 2.61 bits per heavy atom. The highest BCUT2D eigenvalue weighted by molar-refractivity contribution is 6.02. The summed E-state index contributed by atoms with van der Waals surface area (Å²) in [6.07, 6.45) is 4.67. The zero-order valence-electron chi connectivity index (χ0n) is 16.9. The van der Waals surface area contributed by atoms with Crippen molar-refractivity contribution in [3.8, 4) is 0 Å². The van der Waals surface area contributed by atoms with Crippen molar-refractivity contribution in [2.45, 2.75) is 32.9 Å². The quantitative estimate of drug-likeness (QED) is 0.878. The SMILES string of the molecule is CCC1C(=O)Nc2cc(CN3CCN(c4ccc(C)nc4)CC3)cnc2N1C. The largest absolute Gasteiger partial charge is 0.368 e. The second-order valence-electron chi connectivity index (χ2n) is 7.66. The van der Waals surface area contributed by atoms with Crippen LogP contribution in [0.5, 0.6) is 0 Å². The minimum absolute atomic E-state index is 0.0526. The summed E-state index contributed by atoms with van der Waals surface area (Å²) < 4.78 is 0. The van der Waals surface area contributed by atoms with Gasteiger partial charge in [-0.05, 0) is 37.1 Å². The van der Waals surface area contributed by atoms with Crippen molar-refractivity contribution in [2.24, 2.45) is 0 Å². The van der Waals surface area contributed by atoms with E-state index in [9.17, 15) is 4.79 Å². The van der Waals surface area contributed by atoms with Gasteiger partial charge in [0.2, 0.25) is 5.91 Å². The molecule has 7 nitrogen and oxygen atoms in total. The first kappa shape index (κ1) is 18.7. The highest BCUT2D eigenvalue weighted by Crippen LogP contribution is 2.30. The molecular formula is C21H28N6O. The van der Waals surface area contributed by atoms with E-state index < -0.39 is 0 Å². The van der Waals surface area contributed by atoms with E-state index in [0.29, 0.717) is 0 Å². The molecule has 0 bridgehead atoms.